The van der Waals surface area contributed by atoms with Crippen molar-refractivity contribution < 1.29 is 4.79 Å². The number of likely N-dealkylation sites (N-methyl/N-ethyl adjacent to an activating group) is 1. The first-order valence-electron chi connectivity index (χ1n) is 5.97. The summed E-state index contributed by atoms with van der Waals surface area (Å²) >= 11 is 1.63. The van der Waals surface area contributed by atoms with E-state index >= 15 is 0 Å². The second-order valence-electron chi connectivity index (χ2n) is 5.08. The summed E-state index contributed by atoms with van der Waals surface area (Å²) in [6.45, 7) is 8.25. The molecular weight excluding hydrogens is 232 g/mol. The largest absolute Gasteiger partial charge is 0.342 e. The summed E-state index contributed by atoms with van der Waals surface area (Å²) in [7, 11) is 0. The minimum absolute atomic E-state index is 0.0136. The number of nitrogens with two attached hydrogens (primary N) is 1. The summed E-state index contributed by atoms with van der Waals surface area (Å²) in [5, 5.41) is 4.03. The lowest BCUT2D eigenvalue weighted by atomic mass is 9.93. The summed E-state index contributed by atoms with van der Waals surface area (Å²) in [5.41, 5.74) is 6.80. The summed E-state index contributed by atoms with van der Waals surface area (Å²) in [5.74, 6) is 0.187. The maximum Gasteiger partial charge on any atom is 0.227 e. The Morgan fingerprint density at radius 3 is 2.71 bits per heavy atom. The van der Waals surface area contributed by atoms with E-state index < -0.39 is 0 Å². The molecule has 1 rings (SSSR count). The Hall–Kier alpha value is -0.870. The summed E-state index contributed by atoms with van der Waals surface area (Å²) < 4.78 is 0. The van der Waals surface area contributed by atoms with Crippen LogP contribution in [0.25, 0.3) is 0 Å². The van der Waals surface area contributed by atoms with Gasteiger partial charge in [0.1, 0.15) is 0 Å². The van der Waals surface area contributed by atoms with Gasteiger partial charge in [0.05, 0.1) is 6.42 Å². The standard InChI is InChI=1S/C13H22N2OS/c1-4-15(10-13(2,3)9-14)12(16)7-11-5-6-17-8-11/h5-6,8H,4,7,9-10,14H2,1-3H3. The first-order chi connectivity index (χ1) is 7.98. The van der Waals surface area contributed by atoms with Gasteiger partial charge in [0.25, 0.3) is 0 Å². The molecule has 2 N–H and O–H groups in total. The van der Waals surface area contributed by atoms with Gasteiger partial charge in [-0.3, -0.25) is 4.79 Å². The lowest BCUT2D eigenvalue weighted by Gasteiger charge is -2.31. The fraction of sp³-hybridized carbons (Fsp3) is 0.615. The van der Waals surface area contributed by atoms with E-state index in [-0.39, 0.29) is 11.3 Å². The third kappa shape index (κ3) is 4.48. The van der Waals surface area contributed by atoms with Gasteiger partial charge in [0, 0.05) is 13.1 Å². The number of hydrogen-bond donors (Lipinski definition) is 1. The second kappa shape index (κ2) is 6.17. The van der Waals surface area contributed by atoms with E-state index in [1.807, 2.05) is 28.7 Å². The maximum atomic E-state index is 12.1. The van der Waals surface area contributed by atoms with Crippen LogP contribution in [0.4, 0.5) is 0 Å². The fourth-order valence-corrected chi connectivity index (χ4v) is 2.31. The topological polar surface area (TPSA) is 46.3 Å². The second-order valence-corrected chi connectivity index (χ2v) is 5.86. The van der Waals surface area contributed by atoms with Crippen LogP contribution < -0.4 is 5.73 Å². The molecule has 1 heterocycles. The van der Waals surface area contributed by atoms with Crippen LogP contribution in [0.3, 0.4) is 0 Å². The van der Waals surface area contributed by atoms with Gasteiger partial charge in [-0.1, -0.05) is 13.8 Å². The SMILES string of the molecule is CCN(CC(C)(C)CN)C(=O)Cc1ccsc1. The van der Waals surface area contributed by atoms with Crippen LogP contribution in [0.15, 0.2) is 16.8 Å². The number of thiophene rings is 1. The molecule has 0 saturated carbocycles. The Balaban J connectivity index is 2.58. The zero-order valence-electron chi connectivity index (χ0n) is 10.9. The van der Waals surface area contributed by atoms with Gasteiger partial charge in [-0.15, -0.1) is 0 Å². The van der Waals surface area contributed by atoms with Gasteiger partial charge in [0.15, 0.2) is 0 Å². The molecule has 3 nitrogen and oxygen atoms in total. The van der Waals surface area contributed by atoms with Crippen LogP contribution in [-0.2, 0) is 11.2 Å². The number of carbonyl (C=O) groups excluding carboxylic acids is 1. The van der Waals surface area contributed by atoms with Gasteiger partial charge < -0.3 is 10.6 Å². The van der Waals surface area contributed by atoms with Gasteiger partial charge in [-0.2, -0.15) is 11.3 Å². The van der Waals surface area contributed by atoms with Gasteiger partial charge in [-0.25, -0.2) is 0 Å². The molecule has 0 radical (unpaired) electrons. The third-order valence-electron chi connectivity index (χ3n) is 2.84. The Morgan fingerprint density at radius 2 is 2.24 bits per heavy atom. The number of nitrogens with zero attached hydrogens (tertiary/aromatic N) is 1. The average Bonchev–Trinajstić information content (AvgIpc) is 2.78. The monoisotopic (exact) mass is 254 g/mol. The number of rotatable bonds is 6. The predicted molar refractivity (Wildman–Crippen MR) is 73.1 cm³/mol. The first-order valence-corrected chi connectivity index (χ1v) is 6.91. The highest BCUT2D eigenvalue weighted by Gasteiger charge is 2.22. The number of carbonyl (C=O) groups is 1. The summed E-state index contributed by atoms with van der Waals surface area (Å²) in [6, 6.07) is 2.00. The molecule has 0 aliphatic rings. The molecule has 0 fully saturated rings. The summed E-state index contributed by atoms with van der Waals surface area (Å²) in [6.07, 6.45) is 0.498. The minimum Gasteiger partial charge on any atom is -0.342 e. The van der Waals surface area contributed by atoms with E-state index in [1.54, 1.807) is 11.3 Å². The molecule has 0 bridgehead atoms. The zero-order chi connectivity index (χ0) is 12.9. The van der Waals surface area contributed by atoms with Crippen molar-refractivity contribution >= 4 is 17.2 Å². The Bertz CT molecular complexity index is 346. The molecule has 0 aliphatic carbocycles. The molecule has 0 aromatic carbocycles. The smallest absolute Gasteiger partial charge is 0.227 e. The number of amides is 1. The Kier molecular flexibility index (Phi) is 5.15. The molecule has 0 atom stereocenters. The van der Waals surface area contributed by atoms with Gasteiger partial charge >= 0.3 is 0 Å². The van der Waals surface area contributed by atoms with E-state index in [4.69, 9.17) is 5.73 Å². The van der Waals surface area contributed by atoms with Gasteiger partial charge in [0.2, 0.25) is 5.91 Å². The van der Waals surface area contributed by atoms with E-state index in [0.717, 1.165) is 18.7 Å². The first kappa shape index (κ1) is 14.2. The van der Waals surface area contributed by atoms with E-state index in [9.17, 15) is 4.79 Å². The molecule has 96 valence electrons. The van der Waals surface area contributed by atoms with Crippen molar-refractivity contribution in [3.8, 4) is 0 Å². The van der Waals surface area contributed by atoms with Crippen LogP contribution in [0.2, 0.25) is 0 Å². The minimum atomic E-state index is -0.0136. The van der Waals surface area contributed by atoms with E-state index in [1.165, 1.54) is 0 Å². The van der Waals surface area contributed by atoms with Crippen molar-refractivity contribution in [1.29, 1.82) is 0 Å². The highest BCUT2D eigenvalue weighted by Crippen LogP contribution is 2.16. The normalized spacial score (nSPS) is 11.5. The lowest BCUT2D eigenvalue weighted by Crippen LogP contribution is -2.42. The molecule has 1 amide bonds. The van der Waals surface area contributed by atoms with Crippen LogP contribution in [0, 0.1) is 5.41 Å². The van der Waals surface area contributed by atoms with E-state index in [0.29, 0.717) is 13.0 Å². The van der Waals surface area contributed by atoms with E-state index in [2.05, 4.69) is 13.8 Å². The summed E-state index contributed by atoms with van der Waals surface area (Å²) in [4.78, 5) is 14.0. The highest BCUT2D eigenvalue weighted by molar-refractivity contribution is 7.07. The molecule has 0 aliphatic heterocycles. The highest BCUT2D eigenvalue weighted by atomic mass is 32.1. The third-order valence-corrected chi connectivity index (χ3v) is 3.57. The van der Waals surface area contributed by atoms with Crippen molar-refractivity contribution in [2.24, 2.45) is 11.1 Å². The zero-order valence-corrected chi connectivity index (χ0v) is 11.7. The van der Waals surface area contributed by atoms with Crippen LogP contribution in [0.5, 0.6) is 0 Å². The van der Waals surface area contributed by atoms with Gasteiger partial charge in [-0.05, 0) is 41.3 Å². The van der Waals surface area contributed by atoms with Crippen molar-refractivity contribution in [3.63, 3.8) is 0 Å². The predicted octanol–water partition coefficient (Wildman–Crippen LogP) is 2.12. The molecule has 17 heavy (non-hydrogen) atoms. The Labute approximate surface area is 108 Å². The molecule has 0 spiro atoms. The Morgan fingerprint density at radius 1 is 1.53 bits per heavy atom. The number of hydrogen-bond acceptors (Lipinski definition) is 3. The van der Waals surface area contributed by atoms with Crippen molar-refractivity contribution in [1.82, 2.24) is 4.90 Å². The molecule has 1 aromatic rings. The maximum absolute atomic E-state index is 12.1. The molecule has 1 aromatic heterocycles. The van der Waals surface area contributed by atoms with Crippen LogP contribution >= 0.6 is 11.3 Å². The molecular formula is C13H22N2OS. The average molecular weight is 254 g/mol. The quantitative estimate of drug-likeness (QED) is 0.845. The lowest BCUT2D eigenvalue weighted by molar-refractivity contribution is -0.131. The fourth-order valence-electron chi connectivity index (χ4n) is 1.64. The molecule has 0 saturated heterocycles. The van der Waals surface area contributed by atoms with Crippen molar-refractivity contribution in [2.45, 2.75) is 27.2 Å². The van der Waals surface area contributed by atoms with Crippen LogP contribution in [0.1, 0.15) is 26.3 Å². The van der Waals surface area contributed by atoms with Crippen molar-refractivity contribution in [2.75, 3.05) is 19.6 Å². The molecule has 0 unspecified atom stereocenters. The molecule has 4 heteroatoms. The van der Waals surface area contributed by atoms with Crippen LogP contribution in [-0.4, -0.2) is 30.4 Å². The van der Waals surface area contributed by atoms with Crippen molar-refractivity contribution in [3.05, 3.63) is 22.4 Å².